The number of hydrogen-bond donors (Lipinski definition) is 2. The second kappa shape index (κ2) is 10.6. The maximum atomic E-state index is 11.8. The Balaban J connectivity index is 1.44. The van der Waals surface area contributed by atoms with Gasteiger partial charge in [0, 0.05) is 6.42 Å². The van der Waals surface area contributed by atoms with Gasteiger partial charge in [-0.05, 0) is 54.5 Å². The summed E-state index contributed by atoms with van der Waals surface area (Å²) in [5.74, 6) is 0.180. The molecule has 0 bridgehead atoms. The van der Waals surface area contributed by atoms with E-state index in [0.29, 0.717) is 13.0 Å². The normalized spacial score (nSPS) is 12.8. The zero-order chi connectivity index (χ0) is 21.2. The standard InChI is InChI=1S/C26H29NO3/c27-25(28)26(29,19-22-10-3-1-4-11-22)18-8-7-9-21-14-16-24(17-15-21)30-20-23-12-5-2-6-13-23/h1-6,10-17,29H,7-9,18-20H2,(H2,27,28)/t26-/m1/s1. The molecule has 0 heterocycles. The largest absolute Gasteiger partial charge is 0.489 e. The SMILES string of the molecule is NC(=O)[C@@](O)(CCCCc1ccc(OCc2ccccc2)cc1)Cc1ccccc1. The van der Waals surface area contributed by atoms with E-state index in [9.17, 15) is 9.90 Å². The number of unbranched alkanes of at least 4 members (excludes halogenated alkanes) is 1. The first kappa shape index (κ1) is 21.6. The molecule has 0 aliphatic rings. The number of hydrogen-bond acceptors (Lipinski definition) is 3. The third kappa shape index (κ3) is 6.46. The molecule has 4 nitrogen and oxygen atoms in total. The van der Waals surface area contributed by atoms with Crippen molar-refractivity contribution in [1.82, 2.24) is 0 Å². The van der Waals surface area contributed by atoms with Crippen LogP contribution in [0.25, 0.3) is 0 Å². The Morgan fingerprint density at radius 2 is 1.40 bits per heavy atom. The van der Waals surface area contributed by atoms with Crippen molar-refractivity contribution in [3.05, 3.63) is 102 Å². The van der Waals surface area contributed by atoms with Crippen molar-refractivity contribution in [2.45, 2.75) is 44.3 Å². The topological polar surface area (TPSA) is 72.6 Å². The summed E-state index contributed by atoms with van der Waals surface area (Å²) in [4.78, 5) is 11.8. The highest BCUT2D eigenvalue weighted by Gasteiger charge is 2.33. The highest BCUT2D eigenvalue weighted by Crippen LogP contribution is 2.22. The molecule has 0 unspecified atom stereocenters. The summed E-state index contributed by atoms with van der Waals surface area (Å²) >= 11 is 0. The van der Waals surface area contributed by atoms with Crippen LogP contribution in [0.3, 0.4) is 0 Å². The van der Waals surface area contributed by atoms with Crippen LogP contribution in [-0.2, 0) is 24.2 Å². The van der Waals surface area contributed by atoms with E-state index in [4.69, 9.17) is 10.5 Å². The van der Waals surface area contributed by atoms with Crippen molar-refractivity contribution in [1.29, 1.82) is 0 Å². The zero-order valence-electron chi connectivity index (χ0n) is 17.2. The minimum absolute atomic E-state index is 0.247. The van der Waals surface area contributed by atoms with Gasteiger partial charge in [0.25, 0.3) is 0 Å². The molecule has 0 aliphatic carbocycles. The molecule has 3 aromatic carbocycles. The summed E-state index contributed by atoms with van der Waals surface area (Å²) in [7, 11) is 0. The van der Waals surface area contributed by atoms with Gasteiger partial charge >= 0.3 is 0 Å². The summed E-state index contributed by atoms with van der Waals surface area (Å²) in [5.41, 5.74) is 7.24. The smallest absolute Gasteiger partial charge is 0.249 e. The van der Waals surface area contributed by atoms with E-state index in [1.54, 1.807) is 0 Å². The minimum atomic E-state index is -1.50. The molecule has 0 fully saturated rings. The summed E-state index contributed by atoms with van der Waals surface area (Å²) in [6.45, 7) is 0.549. The number of carbonyl (C=O) groups excluding carboxylic acids is 1. The van der Waals surface area contributed by atoms with Gasteiger partial charge in [-0.1, -0.05) is 72.8 Å². The summed E-state index contributed by atoms with van der Waals surface area (Å²) in [5, 5.41) is 10.7. The lowest BCUT2D eigenvalue weighted by Crippen LogP contribution is -2.45. The average Bonchev–Trinajstić information content (AvgIpc) is 2.77. The van der Waals surface area contributed by atoms with Crippen LogP contribution < -0.4 is 10.5 Å². The number of rotatable bonds is 11. The molecule has 0 spiro atoms. The molecule has 0 radical (unpaired) electrons. The van der Waals surface area contributed by atoms with Gasteiger partial charge in [-0.25, -0.2) is 0 Å². The quantitative estimate of drug-likeness (QED) is 0.465. The molecule has 0 aromatic heterocycles. The predicted molar refractivity (Wildman–Crippen MR) is 119 cm³/mol. The zero-order valence-corrected chi connectivity index (χ0v) is 17.2. The van der Waals surface area contributed by atoms with E-state index in [1.807, 2.05) is 72.8 Å². The molecule has 0 aliphatic heterocycles. The third-order valence-electron chi connectivity index (χ3n) is 5.28. The van der Waals surface area contributed by atoms with Crippen molar-refractivity contribution in [3.63, 3.8) is 0 Å². The molecule has 3 rings (SSSR count). The second-order valence-electron chi connectivity index (χ2n) is 7.68. The third-order valence-corrected chi connectivity index (χ3v) is 5.28. The van der Waals surface area contributed by atoms with Crippen LogP contribution in [0.2, 0.25) is 0 Å². The lowest BCUT2D eigenvalue weighted by atomic mass is 9.88. The highest BCUT2D eigenvalue weighted by molar-refractivity contribution is 5.83. The molecular formula is C26H29NO3. The monoisotopic (exact) mass is 403 g/mol. The van der Waals surface area contributed by atoms with Gasteiger partial charge in [0.2, 0.25) is 5.91 Å². The van der Waals surface area contributed by atoms with Gasteiger partial charge in [0.05, 0.1) is 0 Å². The van der Waals surface area contributed by atoms with Crippen LogP contribution in [-0.4, -0.2) is 16.6 Å². The molecule has 0 saturated carbocycles. The number of nitrogens with two attached hydrogens (primary N) is 1. The van der Waals surface area contributed by atoms with Crippen LogP contribution >= 0.6 is 0 Å². The number of carbonyl (C=O) groups is 1. The van der Waals surface area contributed by atoms with Gasteiger partial charge < -0.3 is 15.6 Å². The molecule has 3 aromatic rings. The Bertz CT molecular complexity index is 910. The van der Waals surface area contributed by atoms with Crippen LogP contribution in [0.5, 0.6) is 5.75 Å². The van der Waals surface area contributed by atoms with Crippen molar-refractivity contribution in [3.8, 4) is 5.75 Å². The van der Waals surface area contributed by atoms with E-state index < -0.39 is 11.5 Å². The number of ether oxygens (including phenoxy) is 1. The first-order chi connectivity index (χ1) is 14.5. The lowest BCUT2D eigenvalue weighted by molar-refractivity contribution is -0.137. The number of aryl methyl sites for hydroxylation is 1. The Labute approximate surface area is 178 Å². The maximum absolute atomic E-state index is 11.8. The van der Waals surface area contributed by atoms with Crippen molar-refractivity contribution in [2.24, 2.45) is 5.73 Å². The van der Waals surface area contributed by atoms with E-state index in [-0.39, 0.29) is 6.42 Å². The van der Waals surface area contributed by atoms with E-state index in [2.05, 4.69) is 12.1 Å². The first-order valence-electron chi connectivity index (χ1n) is 10.4. The van der Waals surface area contributed by atoms with Gasteiger partial charge in [0.15, 0.2) is 0 Å². The highest BCUT2D eigenvalue weighted by atomic mass is 16.5. The molecule has 1 atom stereocenters. The molecule has 3 N–H and O–H groups in total. The van der Waals surface area contributed by atoms with Gasteiger partial charge in [0.1, 0.15) is 18.0 Å². The van der Waals surface area contributed by atoms with Crippen LogP contribution in [0, 0.1) is 0 Å². The van der Waals surface area contributed by atoms with Gasteiger partial charge in [-0.15, -0.1) is 0 Å². The Morgan fingerprint density at radius 1 is 0.800 bits per heavy atom. The van der Waals surface area contributed by atoms with E-state index in [1.165, 1.54) is 5.56 Å². The minimum Gasteiger partial charge on any atom is -0.489 e. The molecule has 30 heavy (non-hydrogen) atoms. The Morgan fingerprint density at radius 3 is 2.00 bits per heavy atom. The predicted octanol–water partition coefficient (Wildman–Crippen LogP) is 4.44. The average molecular weight is 404 g/mol. The van der Waals surface area contributed by atoms with Crippen LogP contribution in [0.15, 0.2) is 84.9 Å². The lowest BCUT2D eigenvalue weighted by Gasteiger charge is -2.24. The Hall–Kier alpha value is -3.11. The number of benzene rings is 3. The number of aliphatic hydroxyl groups is 1. The Kier molecular flexibility index (Phi) is 7.63. The molecule has 1 amide bonds. The van der Waals surface area contributed by atoms with E-state index in [0.717, 1.165) is 36.1 Å². The van der Waals surface area contributed by atoms with Gasteiger partial charge in [-0.2, -0.15) is 0 Å². The maximum Gasteiger partial charge on any atom is 0.249 e. The summed E-state index contributed by atoms with van der Waals surface area (Å²) in [6.07, 6.45) is 3.07. The van der Waals surface area contributed by atoms with Gasteiger partial charge in [-0.3, -0.25) is 4.79 Å². The summed E-state index contributed by atoms with van der Waals surface area (Å²) in [6, 6.07) is 27.6. The fraction of sp³-hybridized carbons (Fsp3) is 0.269. The van der Waals surface area contributed by atoms with E-state index >= 15 is 0 Å². The van der Waals surface area contributed by atoms with Crippen molar-refractivity contribution in [2.75, 3.05) is 0 Å². The molecule has 0 saturated heterocycles. The van der Waals surface area contributed by atoms with Crippen molar-refractivity contribution < 1.29 is 14.6 Å². The molecule has 156 valence electrons. The number of primary amides is 1. The van der Waals surface area contributed by atoms with Crippen LogP contribution in [0.1, 0.15) is 36.0 Å². The van der Waals surface area contributed by atoms with Crippen LogP contribution in [0.4, 0.5) is 0 Å². The first-order valence-corrected chi connectivity index (χ1v) is 10.4. The number of amides is 1. The fourth-order valence-corrected chi connectivity index (χ4v) is 3.47. The fourth-order valence-electron chi connectivity index (χ4n) is 3.47. The second-order valence-corrected chi connectivity index (χ2v) is 7.68. The molecule has 4 heteroatoms. The summed E-state index contributed by atoms with van der Waals surface area (Å²) < 4.78 is 5.82. The van der Waals surface area contributed by atoms with Crippen molar-refractivity contribution >= 4 is 5.91 Å². The molecular weight excluding hydrogens is 374 g/mol.